The first-order chi connectivity index (χ1) is 12.2. The Labute approximate surface area is 146 Å². The van der Waals surface area contributed by atoms with Gasteiger partial charge >= 0.3 is 6.03 Å². The van der Waals surface area contributed by atoms with Crippen LogP contribution in [0.4, 0.5) is 14.9 Å². The van der Waals surface area contributed by atoms with Crippen molar-refractivity contribution in [3.05, 3.63) is 90.2 Å². The van der Waals surface area contributed by atoms with Gasteiger partial charge in [0.05, 0.1) is 0 Å². The Bertz CT molecular complexity index is 815. The SMILES string of the molecule is O=C(NCCc1ccc(F)cc1)Nc1ccc(-c2ccccc2)cc1. The fraction of sp³-hybridized carbons (Fsp3) is 0.0952. The van der Waals surface area contributed by atoms with Crippen molar-refractivity contribution < 1.29 is 9.18 Å². The molecule has 3 rings (SSSR count). The van der Waals surface area contributed by atoms with Crippen molar-refractivity contribution in [2.75, 3.05) is 11.9 Å². The maximum absolute atomic E-state index is 12.8. The first-order valence-corrected chi connectivity index (χ1v) is 8.15. The summed E-state index contributed by atoms with van der Waals surface area (Å²) >= 11 is 0. The van der Waals surface area contributed by atoms with Gasteiger partial charge in [0.1, 0.15) is 5.82 Å². The third kappa shape index (κ3) is 4.91. The molecule has 0 saturated carbocycles. The van der Waals surface area contributed by atoms with E-state index in [-0.39, 0.29) is 11.8 Å². The lowest BCUT2D eigenvalue weighted by Crippen LogP contribution is -2.30. The zero-order chi connectivity index (χ0) is 17.5. The molecule has 3 aromatic rings. The lowest BCUT2D eigenvalue weighted by atomic mass is 10.1. The molecule has 2 N–H and O–H groups in total. The number of urea groups is 1. The van der Waals surface area contributed by atoms with Crippen molar-refractivity contribution in [2.24, 2.45) is 0 Å². The summed E-state index contributed by atoms with van der Waals surface area (Å²) in [6.07, 6.45) is 0.653. The second-order valence-electron chi connectivity index (χ2n) is 5.70. The molecule has 0 spiro atoms. The van der Waals surface area contributed by atoms with E-state index in [1.807, 2.05) is 54.6 Å². The molecule has 0 atom stereocenters. The van der Waals surface area contributed by atoms with Gasteiger partial charge in [-0.3, -0.25) is 0 Å². The third-order valence-electron chi connectivity index (χ3n) is 3.86. The minimum Gasteiger partial charge on any atom is -0.338 e. The van der Waals surface area contributed by atoms with Crippen LogP contribution in [-0.4, -0.2) is 12.6 Å². The second kappa shape index (κ2) is 8.11. The molecule has 4 heteroatoms. The predicted octanol–water partition coefficient (Wildman–Crippen LogP) is 4.86. The molecule has 0 aromatic heterocycles. The molecule has 126 valence electrons. The van der Waals surface area contributed by atoms with E-state index >= 15 is 0 Å². The van der Waals surface area contributed by atoms with Crippen LogP contribution in [0.2, 0.25) is 0 Å². The van der Waals surface area contributed by atoms with Crippen LogP contribution < -0.4 is 10.6 Å². The highest BCUT2D eigenvalue weighted by atomic mass is 19.1. The van der Waals surface area contributed by atoms with Crippen LogP contribution in [-0.2, 0) is 6.42 Å². The summed E-state index contributed by atoms with van der Waals surface area (Å²) in [6, 6.07) is 23.8. The maximum Gasteiger partial charge on any atom is 0.319 e. The van der Waals surface area contributed by atoms with Gasteiger partial charge in [0.15, 0.2) is 0 Å². The summed E-state index contributed by atoms with van der Waals surface area (Å²) in [6.45, 7) is 0.486. The number of anilines is 1. The van der Waals surface area contributed by atoms with Crippen molar-refractivity contribution in [1.29, 1.82) is 0 Å². The van der Waals surface area contributed by atoms with Crippen LogP contribution in [0.25, 0.3) is 11.1 Å². The predicted molar refractivity (Wildman–Crippen MR) is 99.0 cm³/mol. The first-order valence-electron chi connectivity index (χ1n) is 8.15. The topological polar surface area (TPSA) is 41.1 Å². The molecular weight excluding hydrogens is 315 g/mol. The molecule has 0 aliphatic carbocycles. The van der Waals surface area contributed by atoms with Gasteiger partial charge in [0.25, 0.3) is 0 Å². The summed E-state index contributed by atoms with van der Waals surface area (Å²) in [4.78, 5) is 11.9. The van der Waals surface area contributed by atoms with Gasteiger partial charge in [-0.05, 0) is 47.4 Å². The van der Waals surface area contributed by atoms with Gasteiger partial charge < -0.3 is 10.6 Å². The molecule has 25 heavy (non-hydrogen) atoms. The lowest BCUT2D eigenvalue weighted by molar-refractivity contribution is 0.252. The Morgan fingerprint density at radius 1 is 0.800 bits per heavy atom. The first kappa shape index (κ1) is 16.7. The Hall–Kier alpha value is -3.14. The van der Waals surface area contributed by atoms with Crippen LogP contribution in [0.3, 0.4) is 0 Å². The number of amides is 2. The van der Waals surface area contributed by atoms with Crippen molar-refractivity contribution in [2.45, 2.75) is 6.42 Å². The number of halogens is 1. The fourth-order valence-electron chi connectivity index (χ4n) is 2.52. The molecule has 0 saturated heterocycles. The van der Waals surface area contributed by atoms with Crippen molar-refractivity contribution in [3.8, 4) is 11.1 Å². The van der Waals surface area contributed by atoms with Crippen LogP contribution in [0, 0.1) is 5.82 Å². The monoisotopic (exact) mass is 334 g/mol. The Kier molecular flexibility index (Phi) is 5.42. The Balaban J connectivity index is 1.48. The minimum absolute atomic E-state index is 0.255. The van der Waals surface area contributed by atoms with Gasteiger partial charge in [0.2, 0.25) is 0 Å². The van der Waals surface area contributed by atoms with Crippen LogP contribution in [0.15, 0.2) is 78.9 Å². The van der Waals surface area contributed by atoms with Crippen LogP contribution >= 0.6 is 0 Å². The van der Waals surface area contributed by atoms with Crippen molar-refractivity contribution in [1.82, 2.24) is 5.32 Å². The van der Waals surface area contributed by atoms with Gasteiger partial charge in [0, 0.05) is 12.2 Å². The molecule has 0 radical (unpaired) electrons. The summed E-state index contributed by atoms with van der Waals surface area (Å²) in [7, 11) is 0. The molecule has 2 amide bonds. The number of benzene rings is 3. The van der Waals surface area contributed by atoms with E-state index in [1.165, 1.54) is 12.1 Å². The quantitative estimate of drug-likeness (QED) is 0.687. The number of carbonyl (C=O) groups is 1. The average Bonchev–Trinajstić information content (AvgIpc) is 2.65. The Morgan fingerprint density at radius 3 is 2.12 bits per heavy atom. The van der Waals surface area contributed by atoms with Crippen LogP contribution in [0.5, 0.6) is 0 Å². The van der Waals surface area contributed by atoms with E-state index in [0.29, 0.717) is 13.0 Å². The third-order valence-corrected chi connectivity index (χ3v) is 3.86. The van der Waals surface area contributed by atoms with E-state index in [0.717, 1.165) is 22.4 Å². The zero-order valence-corrected chi connectivity index (χ0v) is 13.7. The average molecular weight is 334 g/mol. The molecule has 0 heterocycles. The number of rotatable bonds is 5. The van der Waals surface area contributed by atoms with Gasteiger partial charge in [-0.2, -0.15) is 0 Å². The number of hydrogen-bond acceptors (Lipinski definition) is 1. The van der Waals surface area contributed by atoms with Crippen LogP contribution in [0.1, 0.15) is 5.56 Å². The molecule has 0 aliphatic heterocycles. The van der Waals surface area contributed by atoms with Gasteiger partial charge in [-0.15, -0.1) is 0 Å². The minimum atomic E-state index is -0.256. The molecule has 0 unspecified atom stereocenters. The highest BCUT2D eigenvalue weighted by Crippen LogP contribution is 2.20. The van der Waals surface area contributed by atoms with E-state index < -0.39 is 0 Å². The molecule has 0 fully saturated rings. The maximum atomic E-state index is 12.8. The van der Waals surface area contributed by atoms with Crippen molar-refractivity contribution >= 4 is 11.7 Å². The Morgan fingerprint density at radius 2 is 1.44 bits per heavy atom. The lowest BCUT2D eigenvalue weighted by Gasteiger charge is -2.09. The normalized spacial score (nSPS) is 10.3. The van der Waals surface area contributed by atoms with Gasteiger partial charge in [-0.25, -0.2) is 9.18 Å². The van der Waals surface area contributed by atoms with E-state index in [4.69, 9.17) is 0 Å². The number of hydrogen-bond donors (Lipinski definition) is 2. The van der Waals surface area contributed by atoms with Gasteiger partial charge in [-0.1, -0.05) is 54.6 Å². The van der Waals surface area contributed by atoms with Crippen molar-refractivity contribution in [3.63, 3.8) is 0 Å². The van der Waals surface area contributed by atoms with E-state index in [9.17, 15) is 9.18 Å². The standard InChI is InChI=1S/C21H19FN2O/c22-19-10-6-16(7-11-19)14-15-23-21(25)24-20-12-8-18(9-13-20)17-4-2-1-3-5-17/h1-13H,14-15H2,(H2,23,24,25). The molecule has 0 bridgehead atoms. The summed E-state index contributed by atoms with van der Waals surface area (Å²) < 4.78 is 12.8. The smallest absolute Gasteiger partial charge is 0.319 e. The molecule has 3 nitrogen and oxygen atoms in total. The zero-order valence-electron chi connectivity index (χ0n) is 13.7. The molecular formula is C21H19FN2O. The second-order valence-corrected chi connectivity index (χ2v) is 5.70. The molecule has 0 aliphatic rings. The summed E-state index contributed by atoms with van der Waals surface area (Å²) in [5.74, 6) is -0.256. The summed E-state index contributed by atoms with van der Waals surface area (Å²) in [5.41, 5.74) is 3.95. The fourth-order valence-corrected chi connectivity index (χ4v) is 2.52. The van der Waals surface area contributed by atoms with E-state index in [2.05, 4.69) is 10.6 Å². The van der Waals surface area contributed by atoms with E-state index in [1.54, 1.807) is 12.1 Å². The highest BCUT2D eigenvalue weighted by Gasteiger charge is 2.02. The summed E-state index contributed by atoms with van der Waals surface area (Å²) in [5, 5.41) is 5.60. The number of carbonyl (C=O) groups excluding carboxylic acids is 1. The number of nitrogens with one attached hydrogen (secondary N) is 2. The molecule has 3 aromatic carbocycles. The highest BCUT2D eigenvalue weighted by molar-refractivity contribution is 5.89. The largest absolute Gasteiger partial charge is 0.338 e.